The van der Waals surface area contributed by atoms with Gasteiger partial charge in [0.05, 0.1) is 11.4 Å². The lowest BCUT2D eigenvalue weighted by atomic mass is 10.3. The molecular formula is C13H13F3N2OS. The molecule has 0 aliphatic carbocycles. The van der Waals surface area contributed by atoms with Crippen LogP contribution in [0, 0.1) is 0 Å². The van der Waals surface area contributed by atoms with Gasteiger partial charge in [-0.15, -0.1) is 0 Å². The molecule has 0 amide bonds. The van der Waals surface area contributed by atoms with Gasteiger partial charge in [0.25, 0.3) is 0 Å². The minimum Gasteiger partial charge on any atom is -0.383 e. The smallest absolute Gasteiger partial charge is 0.383 e. The van der Waals surface area contributed by atoms with Gasteiger partial charge < -0.3 is 5.11 Å². The Morgan fingerprint density at radius 3 is 2.55 bits per heavy atom. The first-order valence-corrected chi connectivity index (χ1v) is 7.05. The number of rotatable bonds is 5. The van der Waals surface area contributed by atoms with E-state index < -0.39 is 12.3 Å². The second kappa shape index (κ2) is 6.32. The third-order valence-corrected chi connectivity index (χ3v) is 3.62. The normalized spacial score (nSPS) is 13.4. The highest BCUT2D eigenvalue weighted by Crippen LogP contribution is 2.24. The number of halogens is 3. The van der Waals surface area contributed by atoms with Crippen LogP contribution < -0.4 is 0 Å². The summed E-state index contributed by atoms with van der Waals surface area (Å²) in [5.74, 6) is -0.0608. The third-order valence-electron chi connectivity index (χ3n) is 2.57. The Morgan fingerprint density at radius 1 is 1.20 bits per heavy atom. The summed E-state index contributed by atoms with van der Waals surface area (Å²) in [6.07, 6.45) is -5.09. The second-order valence-corrected chi connectivity index (χ2v) is 5.19. The number of benzene rings is 1. The lowest BCUT2D eigenvalue weighted by Gasteiger charge is -2.13. The molecule has 20 heavy (non-hydrogen) atoms. The molecule has 1 heterocycles. The highest BCUT2D eigenvalue weighted by molar-refractivity contribution is 7.98. The molecule has 1 aromatic carbocycles. The number of aliphatic hydroxyl groups is 1. The van der Waals surface area contributed by atoms with Crippen LogP contribution in [0.2, 0.25) is 0 Å². The van der Waals surface area contributed by atoms with Gasteiger partial charge in [0.1, 0.15) is 0 Å². The van der Waals surface area contributed by atoms with Crippen molar-refractivity contribution in [2.75, 3.05) is 5.75 Å². The van der Waals surface area contributed by atoms with E-state index in [1.54, 1.807) is 16.9 Å². The van der Waals surface area contributed by atoms with Crippen molar-refractivity contribution in [3.63, 3.8) is 0 Å². The van der Waals surface area contributed by atoms with Crippen molar-refractivity contribution in [1.82, 2.24) is 9.78 Å². The quantitative estimate of drug-likeness (QED) is 0.922. The van der Waals surface area contributed by atoms with E-state index in [4.69, 9.17) is 5.11 Å². The molecule has 2 rings (SSSR count). The molecule has 0 fully saturated rings. The van der Waals surface area contributed by atoms with Crippen molar-refractivity contribution in [3.8, 4) is 5.69 Å². The molecule has 0 radical (unpaired) electrons. The number of thioether (sulfide) groups is 1. The van der Waals surface area contributed by atoms with Crippen molar-refractivity contribution in [2.24, 2.45) is 0 Å². The van der Waals surface area contributed by atoms with Gasteiger partial charge in [-0.2, -0.15) is 30.0 Å². The zero-order valence-electron chi connectivity index (χ0n) is 10.4. The van der Waals surface area contributed by atoms with E-state index in [0.29, 0.717) is 11.4 Å². The van der Waals surface area contributed by atoms with Crippen molar-refractivity contribution in [1.29, 1.82) is 0 Å². The van der Waals surface area contributed by atoms with E-state index in [9.17, 15) is 13.2 Å². The molecule has 0 unspecified atom stereocenters. The van der Waals surface area contributed by atoms with E-state index in [0.717, 1.165) is 17.4 Å². The number of aliphatic hydroxyl groups excluding tert-OH is 1. The van der Waals surface area contributed by atoms with Gasteiger partial charge in [-0.3, -0.25) is 0 Å². The van der Waals surface area contributed by atoms with Crippen LogP contribution in [0.5, 0.6) is 0 Å². The molecule has 2 aromatic rings. The van der Waals surface area contributed by atoms with Gasteiger partial charge in [0, 0.05) is 17.7 Å². The zero-order valence-corrected chi connectivity index (χ0v) is 11.2. The van der Waals surface area contributed by atoms with Crippen LogP contribution >= 0.6 is 11.8 Å². The average molecular weight is 302 g/mol. The highest BCUT2D eigenvalue weighted by atomic mass is 32.2. The largest absolute Gasteiger partial charge is 0.415 e. The van der Waals surface area contributed by atoms with Gasteiger partial charge in [-0.1, -0.05) is 18.2 Å². The molecule has 7 heteroatoms. The molecule has 0 spiro atoms. The summed E-state index contributed by atoms with van der Waals surface area (Å²) in [7, 11) is 0. The maximum Gasteiger partial charge on any atom is 0.415 e. The Hall–Kier alpha value is -1.47. The maximum atomic E-state index is 12.1. The highest BCUT2D eigenvalue weighted by Gasteiger charge is 2.37. The van der Waals surface area contributed by atoms with E-state index in [2.05, 4.69) is 5.10 Å². The number of hydrogen-bond donors (Lipinski definition) is 1. The summed E-state index contributed by atoms with van der Waals surface area (Å²) in [6, 6.07) is 11.2. The summed E-state index contributed by atoms with van der Waals surface area (Å²) < 4.78 is 38.0. The fourth-order valence-electron chi connectivity index (χ4n) is 1.53. The minimum atomic E-state index is -4.56. The number of alkyl halides is 3. The predicted molar refractivity (Wildman–Crippen MR) is 71.8 cm³/mol. The summed E-state index contributed by atoms with van der Waals surface area (Å²) in [5.41, 5.74) is 1.56. The minimum absolute atomic E-state index is 0.326. The van der Waals surface area contributed by atoms with Gasteiger partial charge >= 0.3 is 6.18 Å². The zero-order chi connectivity index (χ0) is 14.6. The first-order valence-electron chi connectivity index (χ1n) is 5.89. The number of para-hydroxylation sites is 1. The van der Waals surface area contributed by atoms with Crippen LogP contribution in [0.15, 0.2) is 42.6 Å². The molecule has 1 atom stereocenters. The van der Waals surface area contributed by atoms with E-state index >= 15 is 0 Å². The fraction of sp³-hybridized carbons (Fsp3) is 0.308. The predicted octanol–water partition coefficient (Wildman–Crippen LogP) is 3.03. The van der Waals surface area contributed by atoms with Crippen LogP contribution in [0.3, 0.4) is 0 Å². The van der Waals surface area contributed by atoms with E-state index in [1.165, 1.54) is 0 Å². The van der Waals surface area contributed by atoms with Crippen LogP contribution in [0.25, 0.3) is 5.69 Å². The summed E-state index contributed by atoms with van der Waals surface area (Å²) in [6.45, 7) is 0. The van der Waals surface area contributed by atoms with Gasteiger partial charge in [-0.05, 0) is 18.2 Å². The average Bonchev–Trinajstić information content (AvgIpc) is 2.87. The molecule has 3 nitrogen and oxygen atoms in total. The first kappa shape index (κ1) is 14.9. The third kappa shape index (κ3) is 4.01. The molecule has 0 aliphatic heterocycles. The summed E-state index contributed by atoms with van der Waals surface area (Å²) in [4.78, 5) is 0. The number of hydrogen-bond acceptors (Lipinski definition) is 3. The lowest BCUT2D eigenvalue weighted by molar-refractivity contribution is -0.195. The van der Waals surface area contributed by atoms with Crippen molar-refractivity contribution in [2.45, 2.75) is 18.0 Å². The summed E-state index contributed by atoms with van der Waals surface area (Å²) >= 11 is 1.00. The Kier molecular flexibility index (Phi) is 4.72. The van der Waals surface area contributed by atoms with Gasteiger partial charge in [0.2, 0.25) is 0 Å². The maximum absolute atomic E-state index is 12.1. The van der Waals surface area contributed by atoms with E-state index in [-0.39, 0.29) is 5.75 Å². The molecule has 108 valence electrons. The SMILES string of the molecule is O[C@H](CSCc1ccn(-c2ccccc2)n1)C(F)(F)F. The number of nitrogens with zero attached hydrogens (tertiary/aromatic N) is 2. The topological polar surface area (TPSA) is 38.0 Å². The van der Waals surface area contributed by atoms with Crippen LogP contribution in [0.4, 0.5) is 13.2 Å². The van der Waals surface area contributed by atoms with Crippen molar-refractivity contribution in [3.05, 3.63) is 48.3 Å². The molecule has 1 N–H and O–H groups in total. The Bertz CT molecular complexity index is 542. The van der Waals surface area contributed by atoms with Crippen LogP contribution in [-0.2, 0) is 5.75 Å². The molecule has 0 bridgehead atoms. The molecule has 1 aromatic heterocycles. The Labute approximate surface area is 118 Å². The first-order chi connectivity index (χ1) is 9.47. The second-order valence-electron chi connectivity index (χ2n) is 4.16. The van der Waals surface area contributed by atoms with Crippen LogP contribution in [0.1, 0.15) is 5.69 Å². The molecular weight excluding hydrogens is 289 g/mol. The van der Waals surface area contributed by atoms with E-state index in [1.807, 2.05) is 30.3 Å². The molecule has 0 saturated carbocycles. The van der Waals surface area contributed by atoms with Gasteiger partial charge in [0.15, 0.2) is 6.10 Å². The molecule has 0 saturated heterocycles. The summed E-state index contributed by atoms with van der Waals surface area (Å²) in [5, 5.41) is 13.1. The van der Waals surface area contributed by atoms with Crippen LogP contribution in [-0.4, -0.2) is 32.9 Å². The fourth-order valence-corrected chi connectivity index (χ4v) is 2.43. The lowest BCUT2D eigenvalue weighted by Crippen LogP contribution is -2.30. The monoisotopic (exact) mass is 302 g/mol. The van der Waals surface area contributed by atoms with Gasteiger partial charge in [-0.25, -0.2) is 4.68 Å². The Morgan fingerprint density at radius 2 is 1.90 bits per heavy atom. The standard InChI is InChI=1S/C13H13F3N2OS/c14-13(15,16)12(19)9-20-8-10-6-7-18(17-10)11-4-2-1-3-5-11/h1-7,12,19H,8-9H2/t12-/m1/s1. The van der Waals surface area contributed by atoms with Crippen molar-refractivity contribution >= 4 is 11.8 Å². The Balaban J connectivity index is 1.88. The number of aromatic nitrogens is 2. The van der Waals surface area contributed by atoms with Crippen molar-refractivity contribution < 1.29 is 18.3 Å². The molecule has 0 aliphatic rings.